The number of ether oxygens (including phenoxy) is 4. The molecule has 0 saturated heterocycles. The monoisotopic (exact) mass is 1450 g/mol. The fraction of sp³-hybridized carbons (Fsp3) is 0.950. The van der Waals surface area contributed by atoms with E-state index in [1.165, 1.54) is 218 Å². The maximum Gasteiger partial charge on any atom is 0.472 e. The summed E-state index contributed by atoms with van der Waals surface area (Å²) in [5.41, 5.74) is 0. The van der Waals surface area contributed by atoms with E-state index in [4.69, 9.17) is 37.0 Å². The minimum Gasteiger partial charge on any atom is -0.462 e. The van der Waals surface area contributed by atoms with Gasteiger partial charge in [0.15, 0.2) is 12.2 Å². The molecule has 0 aliphatic heterocycles. The molecule has 0 aromatic carbocycles. The SMILES string of the molecule is CCCCCCCCCCCCCCCCC(=O)O[C@H](COC(=O)CCCCCCCCC(C)C)COP(=O)(O)OC[C@H](O)COP(=O)(O)OC[C@@H](COC(=O)CCCCCCCCCCCCCCCCC(C)CC)OC(=O)CCCCCCCCCCCCCCCCCC(C)C. The number of hydrogen-bond donors (Lipinski definition) is 3. The molecule has 0 spiro atoms. The summed E-state index contributed by atoms with van der Waals surface area (Å²) in [6.45, 7) is 11.9. The Morgan fingerprint density at radius 1 is 0.293 bits per heavy atom. The second-order valence-corrected chi connectivity index (χ2v) is 32.9. The van der Waals surface area contributed by atoms with E-state index in [0.29, 0.717) is 31.6 Å². The first kappa shape index (κ1) is 97.1. The van der Waals surface area contributed by atoms with Gasteiger partial charge in [0.05, 0.1) is 26.4 Å². The van der Waals surface area contributed by atoms with Gasteiger partial charge in [0.2, 0.25) is 0 Å². The van der Waals surface area contributed by atoms with E-state index in [1.807, 2.05) is 0 Å². The van der Waals surface area contributed by atoms with Gasteiger partial charge in [-0.3, -0.25) is 37.3 Å². The molecule has 0 fully saturated rings. The van der Waals surface area contributed by atoms with Crippen molar-refractivity contribution in [3.8, 4) is 0 Å². The van der Waals surface area contributed by atoms with Gasteiger partial charge in [0.1, 0.15) is 19.3 Å². The summed E-state index contributed by atoms with van der Waals surface area (Å²) in [4.78, 5) is 72.9. The number of rotatable bonds is 78. The van der Waals surface area contributed by atoms with Crippen LogP contribution in [0.4, 0.5) is 0 Å². The van der Waals surface area contributed by atoms with Crippen molar-refractivity contribution in [2.24, 2.45) is 17.8 Å². The van der Waals surface area contributed by atoms with Crippen LogP contribution in [0, 0.1) is 17.8 Å². The summed E-state index contributed by atoms with van der Waals surface area (Å²) >= 11 is 0. The molecule has 0 aliphatic carbocycles. The van der Waals surface area contributed by atoms with E-state index in [-0.39, 0.29) is 25.7 Å². The number of carbonyl (C=O) groups is 4. The van der Waals surface area contributed by atoms with Crippen molar-refractivity contribution in [3.63, 3.8) is 0 Å². The van der Waals surface area contributed by atoms with Gasteiger partial charge >= 0.3 is 39.5 Å². The van der Waals surface area contributed by atoms with Crippen molar-refractivity contribution in [1.29, 1.82) is 0 Å². The predicted octanol–water partition coefficient (Wildman–Crippen LogP) is 23.7. The minimum atomic E-state index is -4.96. The molecule has 0 aromatic rings. The number of aliphatic hydroxyl groups excluding tert-OH is 1. The van der Waals surface area contributed by atoms with E-state index < -0.39 is 97.5 Å². The fourth-order valence-electron chi connectivity index (χ4n) is 12.3. The van der Waals surface area contributed by atoms with Gasteiger partial charge in [-0.15, -0.1) is 0 Å². The standard InChI is InChI=1S/C80H156O17P2/c1-8-10-11-12-13-14-15-16-24-30-35-40-49-56-63-80(85)97-76(68-91-78(83)62-55-48-43-42-45-52-59-72(5)6)70-95-99(88,89)93-66-74(81)65-92-98(86,87)94-69-75(96-79(84)64-57-50-41-36-31-26-19-17-18-22-27-32-37-44-51-58-71(3)4)67-90-77(82)61-54-47-39-34-29-25-21-20-23-28-33-38-46-53-60-73(7)9-2/h71-76,81H,8-70H2,1-7H3,(H,86,87)(H,88,89)/t73?,74-,75-,76-/m1/s1. The third kappa shape index (κ3) is 72.8. The zero-order valence-electron chi connectivity index (χ0n) is 65.0. The van der Waals surface area contributed by atoms with Crippen LogP contribution in [0.2, 0.25) is 0 Å². The number of phosphoric acid groups is 2. The van der Waals surface area contributed by atoms with Crippen LogP contribution in [0.25, 0.3) is 0 Å². The van der Waals surface area contributed by atoms with Gasteiger partial charge in [-0.2, -0.15) is 0 Å². The van der Waals surface area contributed by atoms with E-state index in [9.17, 15) is 43.2 Å². The lowest BCUT2D eigenvalue weighted by molar-refractivity contribution is -0.161. The Hall–Kier alpha value is -1.94. The molecule has 0 bridgehead atoms. The highest BCUT2D eigenvalue weighted by molar-refractivity contribution is 7.47. The van der Waals surface area contributed by atoms with Gasteiger partial charge in [-0.25, -0.2) is 9.13 Å². The maximum atomic E-state index is 13.1. The summed E-state index contributed by atoms with van der Waals surface area (Å²) in [5.74, 6) is 0.219. The third-order valence-corrected chi connectivity index (χ3v) is 20.9. The van der Waals surface area contributed by atoms with Crippen LogP contribution < -0.4 is 0 Å². The lowest BCUT2D eigenvalue weighted by Gasteiger charge is -2.21. The highest BCUT2D eigenvalue weighted by Gasteiger charge is 2.30. The summed E-state index contributed by atoms with van der Waals surface area (Å²) in [6.07, 6.45) is 58.3. The van der Waals surface area contributed by atoms with Gasteiger partial charge in [-0.05, 0) is 43.4 Å². The van der Waals surface area contributed by atoms with Crippen molar-refractivity contribution in [2.75, 3.05) is 39.6 Å². The van der Waals surface area contributed by atoms with Crippen molar-refractivity contribution < 1.29 is 80.2 Å². The van der Waals surface area contributed by atoms with Gasteiger partial charge in [0.25, 0.3) is 0 Å². The second kappa shape index (κ2) is 70.4. The Bertz CT molecular complexity index is 1920. The van der Waals surface area contributed by atoms with Crippen LogP contribution >= 0.6 is 15.6 Å². The Kier molecular flexibility index (Phi) is 69.0. The zero-order chi connectivity index (χ0) is 73.0. The van der Waals surface area contributed by atoms with Crippen molar-refractivity contribution in [1.82, 2.24) is 0 Å². The molecule has 0 saturated carbocycles. The molecule has 19 heteroatoms. The van der Waals surface area contributed by atoms with Gasteiger partial charge in [-0.1, -0.05) is 363 Å². The molecule has 3 N–H and O–H groups in total. The van der Waals surface area contributed by atoms with E-state index in [1.54, 1.807) is 0 Å². The Labute approximate surface area is 607 Å². The number of unbranched alkanes of at least 4 members (excludes halogenated alkanes) is 45. The average molecular weight is 1450 g/mol. The molecule has 0 radical (unpaired) electrons. The molecule has 99 heavy (non-hydrogen) atoms. The van der Waals surface area contributed by atoms with E-state index in [2.05, 4.69) is 48.5 Å². The quantitative estimate of drug-likeness (QED) is 0.0222. The molecular weight excluding hydrogens is 1290 g/mol. The first-order chi connectivity index (χ1) is 47.8. The van der Waals surface area contributed by atoms with Crippen LogP contribution in [-0.4, -0.2) is 96.7 Å². The summed E-state index contributed by atoms with van der Waals surface area (Å²) < 4.78 is 68.6. The average Bonchev–Trinajstić information content (AvgIpc) is 1.08. The lowest BCUT2D eigenvalue weighted by Crippen LogP contribution is -2.30. The molecule has 588 valence electrons. The first-order valence-corrected chi connectivity index (χ1v) is 44.4. The number of carbonyl (C=O) groups excluding carboxylic acids is 4. The van der Waals surface area contributed by atoms with Gasteiger partial charge < -0.3 is 33.8 Å². The van der Waals surface area contributed by atoms with Crippen LogP contribution in [0.15, 0.2) is 0 Å². The largest absolute Gasteiger partial charge is 0.472 e. The number of esters is 4. The lowest BCUT2D eigenvalue weighted by atomic mass is 9.99. The fourth-order valence-corrected chi connectivity index (χ4v) is 13.9. The Balaban J connectivity index is 5.23. The molecular formula is C80H156O17P2. The molecule has 6 atom stereocenters. The molecule has 17 nitrogen and oxygen atoms in total. The molecule has 0 heterocycles. The minimum absolute atomic E-state index is 0.107. The molecule has 0 amide bonds. The highest BCUT2D eigenvalue weighted by Crippen LogP contribution is 2.45. The second-order valence-electron chi connectivity index (χ2n) is 30.0. The summed E-state index contributed by atoms with van der Waals surface area (Å²) in [5, 5.41) is 10.6. The summed E-state index contributed by atoms with van der Waals surface area (Å²) in [6, 6.07) is 0. The van der Waals surface area contributed by atoms with Crippen LogP contribution in [0.5, 0.6) is 0 Å². The topological polar surface area (TPSA) is 237 Å². The first-order valence-electron chi connectivity index (χ1n) is 41.4. The number of phosphoric ester groups is 2. The number of aliphatic hydroxyl groups is 1. The molecule has 0 rings (SSSR count). The maximum absolute atomic E-state index is 13.1. The van der Waals surface area contributed by atoms with E-state index >= 15 is 0 Å². The molecule has 0 aromatic heterocycles. The molecule has 3 unspecified atom stereocenters. The number of hydrogen-bond acceptors (Lipinski definition) is 15. The Morgan fingerprint density at radius 2 is 0.515 bits per heavy atom. The zero-order valence-corrected chi connectivity index (χ0v) is 66.8. The van der Waals surface area contributed by atoms with Crippen LogP contribution in [-0.2, 0) is 65.4 Å². The molecule has 0 aliphatic rings. The van der Waals surface area contributed by atoms with Gasteiger partial charge in [0, 0.05) is 25.7 Å². The van der Waals surface area contributed by atoms with E-state index in [0.717, 1.165) is 108 Å². The predicted molar refractivity (Wildman–Crippen MR) is 405 cm³/mol. The van der Waals surface area contributed by atoms with Crippen molar-refractivity contribution >= 4 is 39.5 Å². The normalized spacial score (nSPS) is 14.3. The van der Waals surface area contributed by atoms with Crippen molar-refractivity contribution in [3.05, 3.63) is 0 Å². The summed E-state index contributed by atoms with van der Waals surface area (Å²) in [7, 11) is -9.92. The third-order valence-electron chi connectivity index (χ3n) is 19.0. The van der Waals surface area contributed by atoms with Crippen LogP contribution in [0.3, 0.4) is 0 Å². The van der Waals surface area contributed by atoms with Crippen LogP contribution in [0.1, 0.15) is 414 Å². The van der Waals surface area contributed by atoms with Crippen molar-refractivity contribution in [2.45, 2.75) is 433 Å². The smallest absolute Gasteiger partial charge is 0.462 e. The Morgan fingerprint density at radius 3 is 0.768 bits per heavy atom. The highest BCUT2D eigenvalue weighted by atomic mass is 31.2.